The van der Waals surface area contributed by atoms with Crippen LogP contribution in [0.25, 0.3) is 11.2 Å². The maximum absolute atomic E-state index is 12.1. The number of nitrogens with one attached hydrogen (secondary N) is 1. The molecule has 0 aliphatic heterocycles. The number of fused-ring (bicyclic) bond motifs is 1. The van der Waals surface area contributed by atoms with Crippen molar-refractivity contribution in [2.75, 3.05) is 17.2 Å². The third-order valence-electron chi connectivity index (χ3n) is 2.99. The Morgan fingerprint density at radius 1 is 1.31 bits per heavy atom. The van der Waals surface area contributed by atoms with Gasteiger partial charge in [-0.05, 0) is 0 Å². The van der Waals surface area contributed by atoms with Crippen molar-refractivity contribution in [1.82, 2.24) is 19.7 Å². The standard InChI is InChI=1S/C11H16N7O8PS2/c12-4(9(20)21)1-28-29-2-5(13)10(22)25-27(23,24)26-18-3-15-6-7(18)16-11(14)17-8(6)19/h3-5H,1-2,12-13H2,(H,20,21)(H,23,24)(H3,14,16,17,19)/t4-,5-/m0/s1. The number of hydrogen-bond donors (Lipinski definition) is 6. The number of carboxylic acids is 1. The minimum Gasteiger partial charge on any atom is -0.480 e. The van der Waals surface area contributed by atoms with E-state index >= 15 is 0 Å². The first-order valence-electron chi connectivity index (χ1n) is 7.47. The number of aromatic amines is 1. The Morgan fingerprint density at radius 2 is 1.93 bits per heavy atom. The molecule has 0 amide bonds. The molecule has 2 rings (SSSR count). The van der Waals surface area contributed by atoms with Gasteiger partial charge >= 0.3 is 19.8 Å². The molecule has 0 saturated heterocycles. The number of rotatable bonds is 10. The SMILES string of the molecule is Nc1nc2c(ncn2OP(=O)(O)OC(=O)[C@@H](N)CSSC[C@H](N)C(=O)O)c(=O)[nH]1. The van der Waals surface area contributed by atoms with Crippen LogP contribution in [0.4, 0.5) is 5.95 Å². The average molecular weight is 469 g/mol. The summed E-state index contributed by atoms with van der Waals surface area (Å²) in [6.07, 6.45) is 0.862. The van der Waals surface area contributed by atoms with Crippen LogP contribution in [-0.4, -0.2) is 65.2 Å². The molecule has 2 aromatic heterocycles. The second kappa shape index (κ2) is 9.47. The third kappa shape index (κ3) is 6.34. The highest BCUT2D eigenvalue weighted by molar-refractivity contribution is 8.76. The lowest BCUT2D eigenvalue weighted by Gasteiger charge is -2.15. The van der Waals surface area contributed by atoms with E-state index in [4.69, 9.17) is 22.3 Å². The number of anilines is 1. The Balaban J connectivity index is 1.93. The molecule has 0 saturated carbocycles. The number of nitrogens with two attached hydrogens (primary N) is 3. The van der Waals surface area contributed by atoms with Crippen molar-refractivity contribution >= 4 is 58.5 Å². The summed E-state index contributed by atoms with van der Waals surface area (Å²) < 4.78 is 21.7. The smallest absolute Gasteiger partial charge is 0.480 e. The second-order valence-electron chi connectivity index (χ2n) is 5.27. The zero-order chi connectivity index (χ0) is 21.8. The van der Waals surface area contributed by atoms with Gasteiger partial charge in [-0.1, -0.05) is 21.6 Å². The van der Waals surface area contributed by atoms with Crippen molar-refractivity contribution < 1.29 is 33.3 Å². The number of aromatic nitrogens is 4. The maximum atomic E-state index is 12.1. The summed E-state index contributed by atoms with van der Waals surface area (Å²) in [5, 5.41) is 8.65. The number of H-pyrrole nitrogens is 1. The van der Waals surface area contributed by atoms with Gasteiger partial charge in [0, 0.05) is 11.5 Å². The molecule has 2 aromatic rings. The van der Waals surface area contributed by atoms with Gasteiger partial charge < -0.3 is 26.8 Å². The minimum absolute atomic E-state index is 0.0582. The molecule has 2 heterocycles. The molecule has 3 atom stereocenters. The molecule has 29 heavy (non-hydrogen) atoms. The fourth-order valence-corrected chi connectivity index (χ4v) is 4.62. The summed E-state index contributed by atoms with van der Waals surface area (Å²) in [4.78, 5) is 53.4. The number of aliphatic carboxylic acids is 1. The highest BCUT2D eigenvalue weighted by Gasteiger charge is 2.32. The van der Waals surface area contributed by atoms with Crippen LogP contribution in [0.5, 0.6) is 0 Å². The van der Waals surface area contributed by atoms with Crippen LogP contribution in [0.1, 0.15) is 0 Å². The largest absolute Gasteiger partial charge is 0.606 e. The van der Waals surface area contributed by atoms with Gasteiger partial charge in [-0.2, -0.15) is 4.98 Å². The van der Waals surface area contributed by atoms with Gasteiger partial charge in [-0.25, -0.2) is 14.3 Å². The molecule has 0 aliphatic carbocycles. The van der Waals surface area contributed by atoms with Gasteiger partial charge in [0.1, 0.15) is 18.4 Å². The van der Waals surface area contributed by atoms with Crippen LogP contribution in [0.3, 0.4) is 0 Å². The molecular formula is C11H16N7O8PS2. The first-order chi connectivity index (χ1) is 13.5. The second-order valence-corrected chi connectivity index (χ2v) is 9.11. The molecule has 9 N–H and O–H groups in total. The van der Waals surface area contributed by atoms with E-state index in [0.29, 0.717) is 4.73 Å². The van der Waals surface area contributed by atoms with E-state index < -0.39 is 37.4 Å². The van der Waals surface area contributed by atoms with Crippen molar-refractivity contribution in [3.8, 4) is 0 Å². The predicted octanol–water partition coefficient (Wildman–Crippen LogP) is -2.11. The lowest BCUT2D eigenvalue weighted by Crippen LogP contribution is -2.35. The zero-order valence-electron chi connectivity index (χ0n) is 14.3. The van der Waals surface area contributed by atoms with Crippen LogP contribution in [0, 0.1) is 0 Å². The first-order valence-corrected chi connectivity index (χ1v) is 11.5. The Bertz CT molecular complexity index is 1010. The zero-order valence-corrected chi connectivity index (χ0v) is 16.9. The van der Waals surface area contributed by atoms with Gasteiger partial charge in [0.2, 0.25) is 11.6 Å². The molecule has 0 fully saturated rings. The summed E-state index contributed by atoms with van der Waals surface area (Å²) >= 11 is 0. The Hall–Kier alpha value is -2.30. The molecule has 0 aliphatic rings. The summed E-state index contributed by atoms with van der Waals surface area (Å²) in [7, 11) is -2.92. The molecular weight excluding hydrogens is 453 g/mol. The third-order valence-corrected chi connectivity index (χ3v) is 6.26. The fourth-order valence-electron chi connectivity index (χ4n) is 1.66. The number of nitrogen functional groups attached to an aromatic ring is 1. The Kier molecular flexibility index (Phi) is 7.50. The predicted molar refractivity (Wildman–Crippen MR) is 104 cm³/mol. The van der Waals surface area contributed by atoms with Crippen molar-refractivity contribution in [2.24, 2.45) is 11.5 Å². The Morgan fingerprint density at radius 3 is 2.55 bits per heavy atom. The monoisotopic (exact) mass is 469 g/mol. The number of nitrogens with zero attached hydrogens (tertiary/aromatic N) is 3. The number of imidazole rings is 1. The van der Waals surface area contributed by atoms with Gasteiger partial charge in [-0.3, -0.25) is 24.1 Å². The van der Waals surface area contributed by atoms with Crippen LogP contribution in [0.15, 0.2) is 11.1 Å². The molecule has 1 unspecified atom stereocenters. The minimum atomic E-state index is -5.01. The van der Waals surface area contributed by atoms with E-state index in [2.05, 4.69) is 24.1 Å². The van der Waals surface area contributed by atoms with Crippen molar-refractivity contribution in [1.29, 1.82) is 0 Å². The molecule has 160 valence electrons. The van der Waals surface area contributed by atoms with Crippen LogP contribution in [-0.2, 0) is 18.7 Å². The molecule has 0 spiro atoms. The van der Waals surface area contributed by atoms with Crippen LogP contribution in [0.2, 0.25) is 0 Å². The Labute approximate surface area is 169 Å². The van der Waals surface area contributed by atoms with Crippen molar-refractivity contribution in [2.45, 2.75) is 12.1 Å². The van der Waals surface area contributed by atoms with E-state index in [1.165, 1.54) is 0 Å². The van der Waals surface area contributed by atoms with E-state index in [1.807, 2.05) is 0 Å². The van der Waals surface area contributed by atoms with Gasteiger partial charge in [0.15, 0.2) is 5.52 Å². The average Bonchev–Trinajstić information content (AvgIpc) is 2.99. The number of phosphoric acid groups is 1. The summed E-state index contributed by atoms with van der Waals surface area (Å²) in [5.41, 5.74) is 15.1. The topological polar surface area (TPSA) is 252 Å². The van der Waals surface area contributed by atoms with Crippen LogP contribution < -0.4 is 27.4 Å². The number of carbonyl (C=O) groups is 2. The van der Waals surface area contributed by atoms with Gasteiger partial charge in [0.05, 0.1) is 0 Å². The van der Waals surface area contributed by atoms with E-state index in [9.17, 15) is 23.8 Å². The number of carboxylic acid groups (broad SMARTS) is 1. The molecule has 15 nitrogen and oxygen atoms in total. The summed E-state index contributed by atoms with van der Waals surface area (Å²) in [6.45, 7) is 0. The normalized spacial score (nSPS) is 15.4. The maximum Gasteiger partial charge on any atom is 0.606 e. The number of hydrogen-bond acceptors (Lipinski definition) is 13. The van der Waals surface area contributed by atoms with Gasteiger partial charge in [0.25, 0.3) is 5.56 Å². The molecule has 0 radical (unpaired) electrons. The molecule has 18 heteroatoms. The van der Waals surface area contributed by atoms with E-state index in [1.54, 1.807) is 0 Å². The summed E-state index contributed by atoms with van der Waals surface area (Å²) in [6, 6.07) is -2.39. The number of phosphoric ester groups is 1. The first kappa shape index (κ1) is 23.0. The highest BCUT2D eigenvalue weighted by Crippen LogP contribution is 2.40. The lowest BCUT2D eigenvalue weighted by molar-refractivity contribution is -0.138. The molecule has 0 bridgehead atoms. The molecule has 0 aromatic carbocycles. The highest BCUT2D eigenvalue weighted by atomic mass is 33.1. The lowest BCUT2D eigenvalue weighted by atomic mass is 10.4. The van der Waals surface area contributed by atoms with Gasteiger partial charge in [-0.15, -0.1) is 4.73 Å². The summed E-state index contributed by atoms with van der Waals surface area (Å²) in [5.74, 6) is -2.72. The van der Waals surface area contributed by atoms with Crippen LogP contribution >= 0.6 is 29.4 Å². The van der Waals surface area contributed by atoms with Crippen molar-refractivity contribution in [3.63, 3.8) is 0 Å². The quantitative estimate of drug-likeness (QED) is 0.124. The number of carbonyl (C=O) groups excluding carboxylic acids is 1. The van der Waals surface area contributed by atoms with E-state index in [0.717, 1.165) is 27.9 Å². The fraction of sp³-hybridized carbons (Fsp3) is 0.364. The van der Waals surface area contributed by atoms with Crippen molar-refractivity contribution in [3.05, 3.63) is 16.7 Å². The van der Waals surface area contributed by atoms with E-state index in [-0.39, 0.29) is 28.6 Å².